The molecule has 2 rings (SSSR count). The molecular weight excluding hydrogens is 280 g/mol. The zero-order valence-corrected chi connectivity index (χ0v) is 13.1. The van der Waals surface area contributed by atoms with Crippen molar-refractivity contribution >= 4 is 0 Å². The minimum Gasteiger partial charge on any atom is -0.468 e. The van der Waals surface area contributed by atoms with E-state index in [0.29, 0.717) is 13.2 Å². The van der Waals surface area contributed by atoms with Gasteiger partial charge in [-0.05, 0) is 49.2 Å². The molecule has 0 aliphatic carbocycles. The first-order valence-electron chi connectivity index (χ1n) is 7.45. The fraction of sp³-hybridized carbons (Fsp3) is 0.333. The largest absolute Gasteiger partial charge is 0.468 e. The van der Waals surface area contributed by atoms with Gasteiger partial charge in [-0.15, -0.1) is 0 Å². The Morgan fingerprint density at radius 2 is 0.955 bits per heavy atom. The molecule has 0 aliphatic heterocycles. The molecule has 0 radical (unpaired) electrons. The van der Waals surface area contributed by atoms with E-state index in [2.05, 4.69) is 0 Å². The van der Waals surface area contributed by atoms with Crippen LogP contribution < -0.4 is 9.47 Å². The highest BCUT2D eigenvalue weighted by Gasteiger charge is 2.00. The second-order valence-corrected chi connectivity index (χ2v) is 4.56. The molecule has 0 amide bonds. The van der Waals surface area contributed by atoms with E-state index in [1.807, 2.05) is 62.4 Å². The van der Waals surface area contributed by atoms with Crippen molar-refractivity contribution in [2.45, 2.75) is 13.8 Å². The maximum Gasteiger partial charge on any atom is 0.189 e. The van der Waals surface area contributed by atoms with E-state index in [1.54, 1.807) is 0 Å². The lowest BCUT2D eigenvalue weighted by Crippen LogP contribution is -2.02. The summed E-state index contributed by atoms with van der Waals surface area (Å²) in [7, 11) is 0. The highest BCUT2D eigenvalue weighted by molar-refractivity contribution is 5.64. The summed E-state index contributed by atoms with van der Waals surface area (Å²) in [6.07, 6.45) is 0. The standard InChI is InChI=1S/C18H22O4/c1-3-19-13-21-17-9-5-15(6-10-17)16-7-11-18(12-8-16)22-14-20-4-2/h5-12H,3-4,13-14H2,1-2H3. The van der Waals surface area contributed by atoms with Gasteiger partial charge in [0.1, 0.15) is 11.5 Å². The molecule has 4 nitrogen and oxygen atoms in total. The molecule has 0 saturated heterocycles. The van der Waals surface area contributed by atoms with Gasteiger partial charge >= 0.3 is 0 Å². The van der Waals surface area contributed by atoms with Gasteiger partial charge in [-0.25, -0.2) is 0 Å². The van der Waals surface area contributed by atoms with Crippen molar-refractivity contribution in [2.75, 3.05) is 26.8 Å². The van der Waals surface area contributed by atoms with E-state index in [4.69, 9.17) is 18.9 Å². The lowest BCUT2D eigenvalue weighted by molar-refractivity contribution is 0.0222. The van der Waals surface area contributed by atoms with E-state index in [9.17, 15) is 0 Å². The molecule has 2 aromatic rings. The molecule has 0 spiro atoms. The SMILES string of the molecule is CCOCOc1ccc(-c2ccc(OCOCC)cc2)cc1. The molecule has 0 aromatic heterocycles. The molecule has 118 valence electrons. The monoisotopic (exact) mass is 302 g/mol. The summed E-state index contributed by atoms with van der Waals surface area (Å²) in [5.41, 5.74) is 2.25. The third-order valence-electron chi connectivity index (χ3n) is 3.07. The molecule has 0 N–H and O–H groups in total. The summed E-state index contributed by atoms with van der Waals surface area (Å²) in [6.45, 7) is 5.73. The Balaban J connectivity index is 1.93. The quantitative estimate of drug-likeness (QED) is 0.516. The van der Waals surface area contributed by atoms with Crippen LogP contribution in [0.25, 0.3) is 11.1 Å². The smallest absolute Gasteiger partial charge is 0.189 e. The summed E-state index contributed by atoms with van der Waals surface area (Å²) < 4.78 is 21.2. The highest BCUT2D eigenvalue weighted by atomic mass is 16.7. The van der Waals surface area contributed by atoms with Crippen molar-refractivity contribution in [1.29, 1.82) is 0 Å². The molecule has 22 heavy (non-hydrogen) atoms. The molecule has 0 saturated carbocycles. The Morgan fingerprint density at radius 1 is 0.591 bits per heavy atom. The van der Waals surface area contributed by atoms with Gasteiger partial charge in [0.05, 0.1) is 0 Å². The van der Waals surface area contributed by atoms with Crippen molar-refractivity contribution < 1.29 is 18.9 Å². The summed E-state index contributed by atoms with van der Waals surface area (Å²) in [5.74, 6) is 1.60. The molecular formula is C18H22O4. The molecule has 0 fully saturated rings. The predicted octanol–water partition coefficient (Wildman–Crippen LogP) is 4.10. The molecule has 4 heteroatoms. The minimum absolute atomic E-state index is 0.279. The summed E-state index contributed by atoms with van der Waals surface area (Å²) in [4.78, 5) is 0. The second-order valence-electron chi connectivity index (χ2n) is 4.56. The van der Waals surface area contributed by atoms with Crippen molar-refractivity contribution in [1.82, 2.24) is 0 Å². The van der Waals surface area contributed by atoms with Crippen LogP contribution in [0.4, 0.5) is 0 Å². The average molecular weight is 302 g/mol. The summed E-state index contributed by atoms with van der Waals surface area (Å²) in [5, 5.41) is 0. The Kier molecular flexibility index (Phi) is 6.74. The van der Waals surface area contributed by atoms with Crippen LogP contribution in [-0.2, 0) is 9.47 Å². The van der Waals surface area contributed by atoms with Crippen LogP contribution in [0.2, 0.25) is 0 Å². The van der Waals surface area contributed by atoms with E-state index in [1.165, 1.54) is 0 Å². The van der Waals surface area contributed by atoms with Crippen LogP contribution in [0.1, 0.15) is 13.8 Å². The Labute approximate surface area is 131 Å². The van der Waals surface area contributed by atoms with Gasteiger partial charge < -0.3 is 18.9 Å². The van der Waals surface area contributed by atoms with E-state index < -0.39 is 0 Å². The van der Waals surface area contributed by atoms with Crippen LogP contribution in [0, 0.1) is 0 Å². The molecule has 0 bridgehead atoms. The second kappa shape index (κ2) is 9.07. The van der Waals surface area contributed by atoms with E-state index >= 15 is 0 Å². The van der Waals surface area contributed by atoms with Crippen LogP contribution in [0.15, 0.2) is 48.5 Å². The van der Waals surface area contributed by atoms with Gasteiger partial charge in [-0.1, -0.05) is 24.3 Å². The van der Waals surface area contributed by atoms with Crippen molar-refractivity contribution in [2.24, 2.45) is 0 Å². The van der Waals surface area contributed by atoms with Gasteiger partial charge in [0, 0.05) is 13.2 Å². The Morgan fingerprint density at radius 3 is 1.27 bits per heavy atom. The molecule has 0 unspecified atom stereocenters. The molecule has 0 aliphatic rings. The zero-order valence-electron chi connectivity index (χ0n) is 13.1. The normalized spacial score (nSPS) is 10.5. The Hall–Kier alpha value is -2.04. The first-order valence-corrected chi connectivity index (χ1v) is 7.45. The van der Waals surface area contributed by atoms with Crippen molar-refractivity contribution in [3.8, 4) is 22.6 Å². The van der Waals surface area contributed by atoms with Gasteiger partial charge in [0.2, 0.25) is 0 Å². The van der Waals surface area contributed by atoms with E-state index in [0.717, 1.165) is 22.6 Å². The predicted molar refractivity (Wildman–Crippen MR) is 86.1 cm³/mol. The van der Waals surface area contributed by atoms with Crippen LogP contribution in [0.5, 0.6) is 11.5 Å². The van der Waals surface area contributed by atoms with Crippen LogP contribution in [-0.4, -0.2) is 26.8 Å². The highest BCUT2D eigenvalue weighted by Crippen LogP contribution is 2.24. The van der Waals surface area contributed by atoms with Gasteiger partial charge in [-0.3, -0.25) is 0 Å². The van der Waals surface area contributed by atoms with E-state index in [-0.39, 0.29) is 13.6 Å². The fourth-order valence-electron chi connectivity index (χ4n) is 1.87. The number of hydrogen-bond acceptors (Lipinski definition) is 4. The minimum atomic E-state index is 0.279. The molecule has 0 atom stereocenters. The average Bonchev–Trinajstić information content (AvgIpc) is 2.57. The number of hydrogen-bond donors (Lipinski definition) is 0. The zero-order chi connectivity index (χ0) is 15.6. The third kappa shape index (κ3) is 5.06. The first kappa shape index (κ1) is 16.3. The topological polar surface area (TPSA) is 36.9 Å². The number of ether oxygens (including phenoxy) is 4. The van der Waals surface area contributed by atoms with Crippen LogP contribution in [0.3, 0.4) is 0 Å². The maximum atomic E-state index is 5.46. The molecule has 2 aromatic carbocycles. The van der Waals surface area contributed by atoms with Crippen molar-refractivity contribution in [3.63, 3.8) is 0 Å². The van der Waals surface area contributed by atoms with Crippen molar-refractivity contribution in [3.05, 3.63) is 48.5 Å². The van der Waals surface area contributed by atoms with Gasteiger partial charge in [0.15, 0.2) is 13.6 Å². The van der Waals surface area contributed by atoms with Gasteiger partial charge in [-0.2, -0.15) is 0 Å². The lowest BCUT2D eigenvalue weighted by Gasteiger charge is -2.08. The summed E-state index contributed by atoms with van der Waals surface area (Å²) >= 11 is 0. The Bertz CT molecular complexity index is 483. The number of benzene rings is 2. The first-order chi connectivity index (χ1) is 10.8. The lowest BCUT2D eigenvalue weighted by atomic mass is 10.1. The number of rotatable bonds is 9. The maximum absolute atomic E-state index is 5.46. The molecule has 0 heterocycles. The van der Waals surface area contributed by atoms with Gasteiger partial charge in [0.25, 0.3) is 0 Å². The fourth-order valence-corrected chi connectivity index (χ4v) is 1.87. The van der Waals surface area contributed by atoms with Crippen LogP contribution >= 0.6 is 0 Å². The summed E-state index contributed by atoms with van der Waals surface area (Å²) in [6, 6.07) is 15.9. The third-order valence-corrected chi connectivity index (χ3v) is 3.07.